The van der Waals surface area contributed by atoms with Crippen molar-refractivity contribution in [1.29, 1.82) is 0 Å². The van der Waals surface area contributed by atoms with Gasteiger partial charge in [0.25, 0.3) is 0 Å². The van der Waals surface area contributed by atoms with Gasteiger partial charge in [0.15, 0.2) is 0 Å². The highest BCUT2D eigenvalue weighted by Crippen LogP contribution is 2.24. The van der Waals surface area contributed by atoms with Crippen molar-refractivity contribution in [1.82, 2.24) is 19.9 Å². The Bertz CT molecular complexity index is 705. The molecule has 1 heterocycles. The predicted octanol–water partition coefficient (Wildman–Crippen LogP) is 1.41. The maximum atomic E-state index is 12.0. The van der Waals surface area contributed by atoms with Gasteiger partial charge in [-0.05, 0) is 25.2 Å². The Hall–Kier alpha value is -2.16. The number of rotatable bonds is 5. The molecule has 1 aromatic carbocycles. The average Bonchev–Trinajstić information content (AvgIpc) is 2.41. The fraction of sp³-hybridized carbons (Fsp3) is 0.231. The first-order valence-electron chi connectivity index (χ1n) is 6.53. The van der Waals surface area contributed by atoms with Gasteiger partial charge >= 0.3 is 0 Å². The molecule has 0 aliphatic rings. The molecule has 0 atom stereocenters. The Morgan fingerprint density at radius 2 is 1.83 bits per heavy atom. The van der Waals surface area contributed by atoms with Gasteiger partial charge in [-0.2, -0.15) is 15.0 Å². The zero-order valence-electron chi connectivity index (χ0n) is 12.3. The summed E-state index contributed by atoms with van der Waals surface area (Å²) in [5.74, 6) is 0.253. The van der Waals surface area contributed by atoms with Crippen LogP contribution < -0.4 is 16.8 Å². The number of carbonyl (C=O) groups excluding carboxylic acids is 1. The van der Waals surface area contributed by atoms with Crippen LogP contribution in [-0.2, 0) is 11.3 Å². The summed E-state index contributed by atoms with van der Waals surface area (Å²) in [6.07, 6.45) is 0. The number of hydrogen-bond donors (Lipinski definition) is 3. The van der Waals surface area contributed by atoms with Crippen molar-refractivity contribution < 1.29 is 4.79 Å². The molecule has 0 bridgehead atoms. The van der Waals surface area contributed by atoms with E-state index in [1.807, 2.05) is 0 Å². The lowest BCUT2D eigenvalue weighted by Crippen LogP contribution is -2.30. The van der Waals surface area contributed by atoms with E-state index < -0.39 is 0 Å². The maximum absolute atomic E-state index is 12.0. The van der Waals surface area contributed by atoms with Gasteiger partial charge in [-0.15, -0.1) is 0 Å². The molecule has 5 N–H and O–H groups in total. The summed E-state index contributed by atoms with van der Waals surface area (Å²) in [4.78, 5) is 25.3. The number of benzene rings is 1. The van der Waals surface area contributed by atoms with E-state index in [9.17, 15) is 4.79 Å². The lowest BCUT2D eigenvalue weighted by Gasteiger charge is -2.15. The lowest BCUT2D eigenvalue weighted by molar-refractivity contribution is -0.117. The van der Waals surface area contributed by atoms with Crippen molar-refractivity contribution in [3.63, 3.8) is 0 Å². The summed E-state index contributed by atoms with van der Waals surface area (Å²) in [7, 11) is 1.74. The Kier molecular flexibility index (Phi) is 5.54. The van der Waals surface area contributed by atoms with E-state index in [0.29, 0.717) is 28.1 Å². The first kappa shape index (κ1) is 17.2. The average molecular weight is 356 g/mol. The number of nitrogens with zero attached hydrogens (tertiary/aromatic N) is 4. The number of nitrogens with two attached hydrogens (primary N) is 2. The fourth-order valence-corrected chi connectivity index (χ4v) is 2.14. The summed E-state index contributed by atoms with van der Waals surface area (Å²) in [6, 6.07) is 4.86. The van der Waals surface area contributed by atoms with E-state index in [2.05, 4.69) is 20.3 Å². The molecule has 0 saturated heterocycles. The van der Waals surface area contributed by atoms with Crippen molar-refractivity contribution in [3.8, 4) is 0 Å². The van der Waals surface area contributed by atoms with Crippen LogP contribution in [0.4, 0.5) is 17.6 Å². The van der Waals surface area contributed by atoms with Crippen LogP contribution >= 0.6 is 23.2 Å². The summed E-state index contributed by atoms with van der Waals surface area (Å²) in [5.41, 5.74) is 11.6. The highest BCUT2D eigenvalue weighted by molar-refractivity contribution is 6.42. The second-order valence-electron chi connectivity index (χ2n) is 4.82. The summed E-state index contributed by atoms with van der Waals surface area (Å²) in [5, 5.41) is 3.52. The second kappa shape index (κ2) is 7.40. The Labute approximate surface area is 142 Å². The van der Waals surface area contributed by atoms with E-state index in [4.69, 9.17) is 34.7 Å². The Morgan fingerprint density at radius 1 is 1.17 bits per heavy atom. The SMILES string of the molecule is CN(CC(=O)Nc1ccc(Cl)c(Cl)c1)Cc1nc(N)nc(N)n1. The number of hydrogen-bond acceptors (Lipinski definition) is 7. The topological polar surface area (TPSA) is 123 Å². The molecule has 23 heavy (non-hydrogen) atoms. The van der Waals surface area contributed by atoms with E-state index >= 15 is 0 Å². The Balaban J connectivity index is 1.92. The summed E-state index contributed by atoms with van der Waals surface area (Å²) < 4.78 is 0. The number of aromatic nitrogens is 3. The van der Waals surface area contributed by atoms with Crippen molar-refractivity contribution >= 4 is 46.7 Å². The van der Waals surface area contributed by atoms with Crippen LogP contribution in [0.15, 0.2) is 18.2 Å². The van der Waals surface area contributed by atoms with Crippen LogP contribution in [0.5, 0.6) is 0 Å². The van der Waals surface area contributed by atoms with Crippen molar-refractivity contribution in [2.24, 2.45) is 0 Å². The number of nitrogens with one attached hydrogen (secondary N) is 1. The first-order valence-corrected chi connectivity index (χ1v) is 7.28. The molecule has 0 radical (unpaired) electrons. The quantitative estimate of drug-likeness (QED) is 0.740. The van der Waals surface area contributed by atoms with Crippen molar-refractivity contribution in [2.75, 3.05) is 30.4 Å². The zero-order valence-corrected chi connectivity index (χ0v) is 13.8. The number of halogens is 2. The third-order valence-electron chi connectivity index (χ3n) is 2.74. The van der Waals surface area contributed by atoms with Gasteiger partial charge in [0.2, 0.25) is 17.8 Å². The highest BCUT2D eigenvalue weighted by Gasteiger charge is 2.11. The molecule has 0 unspecified atom stereocenters. The van der Waals surface area contributed by atoms with Gasteiger partial charge in [0, 0.05) is 5.69 Å². The normalized spacial score (nSPS) is 10.8. The van der Waals surface area contributed by atoms with Crippen molar-refractivity contribution in [3.05, 3.63) is 34.1 Å². The van der Waals surface area contributed by atoms with Crippen LogP contribution in [0, 0.1) is 0 Å². The molecule has 2 aromatic rings. The number of carbonyl (C=O) groups is 1. The molecule has 0 aliphatic heterocycles. The van der Waals surface area contributed by atoms with E-state index in [1.54, 1.807) is 30.1 Å². The van der Waals surface area contributed by atoms with Gasteiger partial charge in [0.1, 0.15) is 5.82 Å². The molecule has 8 nitrogen and oxygen atoms in total. The van der Waals surface area contributed by atoms with Crippen LogP contribution in [0.25, 0.3) is 0 Å². The minimum Gasteiger partial charge on any atom is -0.368 e. The Morgan fingerprint density at radius 3 is 2.43 bits per heavy atom. The highest BCUT2D eigenvalue weighted by atomic mass is 35.5. The van der Waals surface area contributed by atoms with Crippen LogP contribution in [0.2, 0.25) is 10.0 Å². The lowest BCUT2D eigenvalue weighted by atomic mass is 10.3. The number of anilines is 3. The van der Waals surface area contributed by atoms with Crippen molar-refractivity contribution in [2.45, 2.75) is 6.54 Å². The molecule has 122 valence electrons. The van der Waals surface area contributed by atoms with Crippen LogP contribution in [0.1, 0.15) is 5.82 Å². The zero-order chi connectivity index (χ0) is 17.0. The molecule has 1 aromatic heterocycles. The van der Waals surface area contributed by atoms with E-state index in [1.165, 1.54) is 0 Å². The third-order valence-corrected chi connectivity index (χ3v) is 3.48. The molecule has 10 heteroatoms. The predicted molar refractivity (Wildman–Crippen MR) is 90.1 cm³/mol. The summed E-state index contributed by atoms with van der Waals surface area (Å²) in [6.45, 7) is 0.414. The maximum Gasteiger partial charge on any atom is 0.238 e. The summed E-state index contributed by atoms with van der Waals surface area (Å²) >= 11 is 11.7. The smallest absolute Gasteiger partial charge is 0.238 e. The van der Waals surface area contributed by atoms with Gasteiger partial charge in [-0.3, -0.25) is 9.69 Å². The minimum atomic E-state index is -0.221. The molecular formula is C13H15Cl2N7O. The third kappa shape index (κ3) is 5.20. The number of amides is 1. The van der Waals surface area contributed by atoms with Crippen LogP contribution in [-0.4, -0.2) is 39.4 Å². The molecule has 0 fully saturated rings. The van der Waals surface area contributed by atoms with Gasteiger partial charge in [-0.1, -0.05) is 23.2 Å². The molecule has 0 aliphatic carbocycles. The molecule has 0 spiro atoms. The van der Waals surface area contributed by atoms with E-state index in [-0.39, 0.29) is 24.3 Å². The fourth-order valence-electron chi connectivity index (χ4n) is 1.84. The first-order chi connectivity index (χ1) is 10.8. The number of likely N-dealkylation sites (N-methyl/N-ethyl adjacent to an activating group) is 1. The molecular weight excluding hydrogens is 341 g/mol. The van der Waals surface area contributed by atoms with Gasteiger partial charge < -0.3 is 16.8 Å². The minimum absolute atomic E-state index is 0.0427. The molecule has 1 amide bonds. The van der Waals surface area contributed by atoms with Gasteiger partial charge in [-0.25, -0.2) is 0 Å². The molecule has 0 saturated carbocycles. The largest absolute Gasteiger partial charge is 0.368 e. The van der Waals surface area contributed by atoms with E-state index in [0.717, 1.165) is 0 Å². The second-order valence-corrected chi connectivity index (χ2v) is 5.63. The monoisotopic (exact) mass is 355 g/mol. The number of nitrogen functional groups attached to an aromatic ring is 2. The van der Waals surface area contributed by atoms with Gasteiger partial charge in [0.05, 0.1) is 23.1 Å². The molecule has 2 rings (SSSR count). The van der Waals surface area contributed by atoms with Crippen LogP contribution in [0.3, 0.4) is 0 Å². The standard InChI is InChI=1S/C13H15Cl2N7O/c1-22(5-10-19-12(16)21-13(17)20-10)6-11(23)18-7-2-3-8(14)9(15)4-7/h2-4H,5-6H2,1H3,(H,18,23)(H4,16,17,19,20,21).